The number of carboxylic acids is 1. The molecule has 0 spiro atoms. The van der Waals surface area contributed by atoms with Crippen molar-refractivity contribution in [3.05, 3.63) is 0 Å². The molecule has 2 unspecified atom stereocenters. The zero-order valence-corrected chi connectivity index (χ0v) is 6.71. The second-order valence-electron chi connectivity index (χ2n) is 2.60. The summed E-state index contributed by atoms with van der Waals surface area (Å²) in [5.41, 5.74) is 0. The Bertz CT molecular complexity index is 127. The summed E-state index contributed by atoms with van der Waals surface area (Å²) >= 11 is 0. The van der Waals surface area contributed by atoms with E-state index in [9.17, 15) is 9.18 Å². The van der Waals surface area contributed by atoms with Crippen molar-refractivity contribution in [1.82, 2.24) is 0 Å². The van der Waals surface area contributed by atoms with Crippen LogP contribution in [0.5, 0.6) is 0 Å². The van der Waals surface area contributed by atoms with Crippen LogP contribution in [0.3, 0.4) is 0 Å². The minimum Gasteiger partial charge on any atom is -0.479 e. The molecule has 0 saturated heterocycles. The molecule has 0 aliphatic carbocycles. The molecule has 0 bridgehead atoms. The van der Waals surface area contributed by atoms with Crippen LogP contribution in [-0.4, -0.2) is 31.0 Å². The highest BCUT2D eigenvalue weighted by Crippen LogP contribution is 2.09. The van der Waals surface area contributed by atoms with Crippen LogP contribution in [-0.2, 0) is 9.53 Å². The molecule has 0 aromatic heterocycles. The average Bonchev–Trinajstić information content (AvgIpc) is 1.87. The van der Waals surface area contributed by atoms with Crippen LogP contribution < -0.4 is 0 Å². The molecule has 0 aromatic carbocycles. The van der Waals surface area contributed by atoms with Gasteiger partial charge in [-0.25, -0.2) is 9.18 Å². The Morgan fingerprint density at radius 2 is 2.27 bits per heavy atom. The minimum atomic E-state index is -1.76. The second-order valence-corrected chi connectivity index (χ2v) is 2.60. The van der Waals surface area contributed by atoms with Crippen molar-refractivity contribution in [3.8, 4) is 0 Å². The van der Waals surface area contributed by atoms with Crippen LogP contribution in [0.15, 0.2) is 0 Å². The van der Waals surface area contributed by atoms with Gasteiger partial charge in [-0.15, -0.1) is 0 Å². The molecule has 0 amide bonds. The molecular formula is C7H13FO3. The quantitative estimate of drug-likeness (QED) is 0.661. The minimum absolute atomic E-state index is 0.0170. The molecule has 0 aliphatic heterocycles. The van der Waals surface area contributed by atoms with Crippen LogP contribution >= 0.6 is 0 Å². The first-order chi connectivity index (χ1) is 5.07. The van der Waals surface area contributed by atoms with Crippen molar-refractivity contribution < 1.29 is 19.0 Å². The Kier molecular flexibility index (Phi) is 4.77. The SMILES string of the molecule is COCC(C)CC(F)C(=O)O. The maximum Gasteiger partial charge on any atom is 0.338 e. The number of carboxylic acid groups (broad SMARTS) is 1. The van der Waals surface area contributed by atoms with Crippen molar-refractivity contribution in [2.45, 2.75) is 19.5 Å². The van der Waals surface area contributed by atoms with E-state index >= 15 is 0 Å². The standard InChI is InChI=1S/C7H13FO3/c1-5(4-11-2)3-6(8)7(9)10/h5-6H,3-4H2,1-2H3,(H,9,10). The molecule has 2 atom stereocenters. The van der Waals surface area contributed by atoms with E-state index in [0.717, 1.165) is 0 Å². The third kappa shape index (κ3) is 4.72. The van der Waals surface area contributed by atoms with Crippen LogP contribution in [0.1, 0.15) is 13.3 Å². The summed E-state index contributed by atoms with van der Waals surface area (Å²) in [6, 6.07) is 0. The lowest BCUT2D eigenvalue weighted by Gasteiger charge is -2.10. The smallest absolute Gasteiger partial charge is 0.338 e. The zero-order chi connectivity index (χ0) is 8.85. The number of aliphatic carboxylic acids is 1. The van der Waals surface area contributed by atoms with E-state index in [1.54, 1.807) is 6.92 Å². The Labute approximate surface area is 65.2 Å². The second kappa shape index (κ2) is 5.07. The topological polar surface area (TPSA) is 46.5 Å². The van der Waals surface area contributed by atoms with Gasteiger partial charge in [0.05, 0.1) is 0 Å². The van der Waals surface area contributed by atoms with E-state index < -0.39 is 12.1 Å². The largest absolute Gasteiger partial charge is 0.479 e. The molecule has 0 radical (unpaired) electrons. The summed E-state index contributed by atoms with van der Waals surface area (Å²) in [7, 11) is 1.50. The van der Waals surface area contributed by atoms with E-state index in [-0.39, 0.29) is 12.3 Å². The molecule has 0 saturated carbocycles. The first-order valence-electron chi connectivity index (χ1n) is 3.43. The molecule has 0 heterocycles. The van der Waals surface area contributed by atoms with Gasteiger partial charge in [-0.1, -0.05) is 6.92 Å². The Hall–Kier alpha value is -0.640. The number of halogens is 1. The van der Waals surface area contributed by atoms with Crippen LogP contribution in [0.25, 0.3) is 0 Å². The Balaban J connectivity index is 3.56. The van der Waals surface area contributed by atoms with Crippen LogP contribution in [0.2, 0.25) is 0 Å². The maximum absolute atomic E-state index is 12.4. The van der Waals surface area contributed by atoms with Gasteiger partial charge in [-0.2, -0.15) is 0 Å². The van der Waals surface area contributed by atoms with Crippen molar-refractivity contribution in [2.75, 3.05) is 13.7 Å². The van der Waals surface area contributed by atoms with E-state index in [0.29, 0.717) is 6.61 Å². The van der Waals surface area contributed by atoms with E-state index in [1.165, 1.54) is 7.11 Å². The summed E-state index contributed by atoms with van der Waals surface area (Å²) < 4.78 is 17.2. The Morgan fingerprint density at radius 1 is 1.73 bits per heavy atom. The molecule has 0 fully saturated rings. The lowest BCUT2D eigenvalue weighted by molar-refractivity contribution is -0.143. The number of hydrogen-bond donors (Lipinski definition) is 1. The summed E-state index contributed by atoms with van der Waals surface area (Å²) in [4.78, 5) is 10.0. The highest BCUT2D eigenvalue weighted by Gasteiger charge is 2.18. The van der Waals surface area contributed by atoms with Gasteiger partial charge < -0.3 is 9.84 Å². The van der Waals surface area contributed by atoms with Gasteiger partial charge in [-0.05, 0) is 12.3 Å². The third-order valence-corrected chi connectivity index (χ3v) is 1.33. The highest BCUT2D eigenvalue weighted by atomic mass is 19.1. The average molecular weight is 164 g/mol. The van der Waals surface area contributed by atoms with Crippen LogP contribution in [0, 0.1) is 5.92 Å². The van der Waals surface area contributed by atoms with Crippen molar-refractivity contribution in [1.29, 1.82) is 0 Å². The fourth-order valence-electron chi connectivity index (χ4n) is 0.807. The molecular weight excluding hydrogens is 151 g/mol. The van der Waals surface area contributed by atoms with Gasteiger partial charge in [0, 0.05) is 13.7 Å². The number of hydrogen-bond acceptors (Lipinski definition) is 2. The molecule has 1 N–H and O–H groups in total. The lowest BCUT2D eigenvalue weighted by atomic mass is 10.1. The van der Waals surface area contributed by atoms with Crippen molar-refractivity contribution in [2.24, 2.45) is 5.92 Å². The zero-order valence-electron chi connectivity index (χ0n) is 6.71. The van der Waals surface area contributed by atoms with Gasteiger partial charge >= 0.3 is 5.97 Å². The summed E-state index contributed by atoms with van der Waals surface area (Å²) in [6.45, 7) is 2.15. The molecule has 4 heteroatoms. The maximum atomic E-state index is 12.4. The van der Waals surface area contributed by atoms with Gasteiger partial charge in [0.25, 0.3) is 0 Å². The number of ether oxygens (including phenoxy) is 1. The molecule has 0 rings (SSSR count). The van der Waals surface area contributed by atoms with E-state index in [1.807, 2.05) is 0 Å². The summed E-state index contributed by atoms with van der Waals surface area (Å²) in [5, 5.41) is 8.18. The van der Waals surface area contributed by atoms with Gasteiger partial charge in [0.2, 0.25) is 0 Å². The number of alkyl halides is 1. The lowest BCUT2D eigenvalue weighted by Crippen LogP contribution is -2.19. The van der Waals surface area contributed by atoms with Crippen molar-refractivity contribution >= 4 is 5.97 Å². The molecule has 66 valence electrons. The first kappa shape index (κ1) is 10.4. The third-order valence-electron chi connectivity index (χ3n) is 1.33. The van der Waals surface area contributed by atoms with E-state index in [4.69, 9.17) is 9.84 Å². The predicted octanol–water partition coefficient (Wildman–Crippen LogP) is 1.08. The fraction of sp³-hybridized carbons (Fsp3) is 0.857. The number of rotatable bonds is 5. The van der Waals surface area contributed by atoms with Crippen LogP contribution in [0.4, 0.5) is 4.39 Å². The molecule has 0 aliphatic rings. The van der Waals surface area contributed by atoms with Crippen molar-refractivity contribution in [3.63, 3.8) is 0 Å². The first-order valence-corrected chi connectivity index (χ1v) is 3.43. The highest BCUT2D eigenvalue weighted by molar-refractivity contribution is 5.71. The normalized spacial score (nSPS) is 15.9. The Morgan fingerprint density at radius 3 is 2.64 bits per heavy atom. The molecule has 0 aromatic rings. The predicted molar refractivity (Wildman–Crippen MR) is 38.2 cm³/mol. The van der Waals surface area contributed by atoms with Gasteiger partial charge in [0.1, 0.15) is 0 Å². The summed E-state index contributed by atoms with van der Waals surface area (Å²) in [6.07, 6.45) is -1.75. The van der Waals surface area contributed by atoms with E-state index in [2.05, 4.69) is 0 Å². The number of carbonyl (C=O) groups is 1. The van der Waals surface area contributed by atoms with Gasteiger partial charge in [0.15, 0.2) is 6.17 Å². The molecule has 11 heavy (non-hydrogen) atoms. The molecule has 3 nitrogen and oxygen atoms in total. The monoisotopic (exact) mass is 164 g/mol. The fourth-order valence-corrected chi connectivity index (χ4v) is 0.807. The van der Waals surface area contributed by atoms with Gasteiger partial charge in [-0.3, -0.25) is 0 Å². The number of methoxy groups -OCH3 is 1. The summed E-state index contributed by atoms with van der Waals surface area (Å²) in [5.74, 6) is -1.45.